The summed E-state index contributed by atoms with van der Waals surface area (Å²) in [5.41, 5.74) is 1.23. The van der Waals surface area contributed by atoms with Crippen molar-refractivity contribution in [1.82, 2.24) is 15.1 Å². The molecule has 5 heteroatoms. The number of halogens is 1. The van der Waals surface area contributed by atoms with Gasteiger partial charge in [0.2, 0.25) is 0 Å². The van der Waals surface area contributed by atoms with E-state index in [1.54, 1.807) is 0 Å². The van der Waals surface area contributed by atoms with E-state index < -0.39 is 0 Å². The van der Waals surface area contributed by atoms with E-state index in [1.807, 2.05) is 10.9 Å². The second kappa shape index (κ2) is 9.63. The van der Waals surface area contributed by atoms with Gasteiger partial charge in [-0.3, -0.25) is 4.68 Å². The molecule has 1 heterocycles. The van der Waals surface area contributed by atoms with E-state index >= 15 is 0 Å². The molecule has 2 N–H and O–H groups in total. The third-order valence-electron chi connectivity index (χ3n) is 2.23. The molecular weight excluding hydrogens is 226 g/mol. The van der Waals surface area contributed by atoms with Crippen molar-refractivity contribution in [3.05, 3.63) is 18.0 Å². The lowest BCUT2D eigenvalue weighted by molar-refractivity contribution is 0.283. The van der Waals surface area contributed by atoms with Crippen LogP contribution in [0.4, 0.5) is 0 Å². The summed E-state index contributed by atoms with van der Waals surface area (Å²) in [5, 5.41) is 16.2. The zero-order chi connectivity index (χ0) is 10.9. The van der Waals surface area contributed by atoms with E-state index in [0.29, 0.717) is 0 Å². The lowest BCUT2D eigenvalue weighted by atomic mass is 10.3. The summed E-state index contributed by atoms with van der Waals surface area (Å²) in [6, 6.07) is 0. The Kier molecular flexibility index (Phi) is 9.28. The first kappa shape index (κ1) is 15.4. The molecule has 4 nitrogen and oxygen atoms in total. The maximum absolute atomic E-state index is 8.60. The molecule has 0 aliphatic carbocycles. The fourth-order valence-corrected chi connectivity index (χ4v) is 1.44. The van der Waals surface area contributed by atoms with Gasteiger partial charge < -0.3 is 10.4 Å². The maximum Gasteiger partial charge on any atom is 0.0534 e. The number of hydrogen-bond acceptors (Lipinski definition) is 3. The van der Waals surface area contributed by atoms with Crippen LogP contribution >= 0.6 is 12.4 Å². The summed E-state index contributed by atoms with van der Waals surface area (Å²) in [6.45, 7) is 5.25. The fourth-order valence-electron chi connectivity index (χ4n) is 1.44. The molecule has 1 rings (SSSR count). The monoisotopic (exact) mass is 247 g/mol. The Morgan fingerprint density at radius 3 is 2.94 bits per heavy atom. The van der Waals surface area contributed by atoms with Gasteiger partial charge in [-0.15, -0.1) is 12.4 Å². The van der Waals surface area contributed by atoms with Crippen molar-refractivity contribution in [1.29, 1.82) is 0 Å². The van der Waals surface area contributed by atoms with Gasteiger partial charge in [-0.05, 0) is 25.8 Å². The third-order valence-corrected chi connectivity index (χ3v) is 2.23. The molecule has 0 amide bonds. The summed E-state index contributed by atoms with van der Waals surface area (Å²) >= 11 is 0. The molecule has 0 fully saturated rings. The van der Waals surface area contributed by atoms with Gasteiger partial charge in [0.25, 0.3) is 0 Å². The Labute approximate surface area is 103 Å². The van der Waals surface area contributed by atoms with E-state index in [9.17, 15) is 0 Å². The predicted octanol–water partition coefficient (Wildman–Crippen LogP) is 1.58. The lowest BCUT2D eigenvalue weighted by Crippen LogP contribution is -2.14. The highest BCUT2D eigenvalue weighted by molar-refractivity contribution is 5.85. The number of unbranched alkanes of at least 4 members (excludes halogenated alkanes) is 1. The zero-order valence-electron chi connectivity index (χ0n) is 9.85. The minimum absolute atomic E-state index is 0. The van der Waals surface area contributed by atoms with Crippen LogP contribution in [0.5, 0.6) is 0 Å². The average molecular weight is 248 g/mol. The van der Waals surface area contributed by atoms with Crippen LogP contribution in [0.2, 0.25) is 0 Å². The first-order valence-electron chi connectivity index (χ1n) is 5.69. The van der Waals surface area contributed by atoms with Crippen LogP contribution in [0.1, 0.15) is 31.7 Å². The molecule has 0 aliphatic heterocycles. The molecule has 0 bridgehead atoms. The highest BCUT2D eigenvalue weighted by atomic mass is 35.5. The van der Waals surface area contributed by atoms with Crippen molar-refractivity contribution in [3.63, 3.8) is 0 Å². The molecule has 1 aromatic heterocycles. The number of aromatic nitrogens is 2. The van der Waals surface area contributed by atoms with Crippen molar-refractivity contribution < 1.29 is 5.11 Å². The molecule has 0 aliphatic rings. The van der Waals surface area contributed by atoms with E-state index in [-0.39, 0.29) is 19.0 Å². The molecule has 0 spiro atoms. The van der Waals surface area contributed by atoms with Gasteiger partial charge in [-0.2, -0.15) is 5.10 Å². The summed E-state index contributed by atoms with van der Waals surface area (Å²) in [4.78, 5) is 0. The zero-order valence-corrected chi connectivity index (χ0v) is 10.7. The quantitative estimate of drug-likeness (QED) is 0.686. The number of aliphatic hydroxyl groups is 1. The van der Waals surface area contributed by atoms with Gasteiger partial charge in [0.15, 0.2) is 0 Å². The first-order chi connectivity index (χ1) is 7.36. The Morgan fingerprint density at radius 2 is 2.25 bits per heavy atom. The third kappa shape index (κ3) is 6.10. The van der Waals surface area contributed by atoms with Gasteiger partial charge in [-0.25, -0.2) is 0 Å². The summed E-state index contributed by atoms with van der Waals surface area (Å²) < 4.78 is 1.98. The average Bonchev–Trinajstić information content (AvgIpc) is 2.66. The first-order valence-corrected chi connectivity index (χ1v) is 5.69. The number of aliphatic hydroxyl groups excluding tert-OH is 1. The second-order valence-electron chi connectivity index (χ2n) is 3.72. The van der Waals surface area contributed by atoms with Gasteiger partial charge >= 0.3 is 0 Å². The normalized spacial score (nSPS) is 10.1. The number of aryl methyl sites for hydroxylation is 1. The van der Waals surface area contributed by atoms with Crippen LogP contribution in [0.15, 0.2) is 12.4 Å². The Hall–Kier alpha value is -0.580. The van der Waals surface area contributed by atoms with Crippen LogP contribution in [-0.4, -0.2) is 28.0 Å². The molecule has 0 saturated heterocycles. The summed E-state index contributed by atoms with van der Waals surface area (Å²) in [7, 11) is 0. The van der Waals surface area contributed by atoms with Crippen molar-refractivity contribution in [2.45, 2.75) is 39.3 Å². The van der Waals surface area contributed by atoms with Crippen LogP contribution in [0, 0.1) is 0 Å². The molecule has 94 valence electrons. The highest BCUT2D eigenvalue weighted by Gasteiger charge is 1.96. The predicted molar refractivity (Wildman–Crippen MR) is 67.8 cm³/mol. The molecule has 1 aromatic rings. The molecule has 0 unspecified atom stereocenters. The minimum Gasteiger partial charge on any atom is -0.396 e. The summed E-state index contributed by atoms with van der Waals surface area (Å²) in [5.74, 6) is 0. The Morgan fingerprint density at radius 1 is 1.44 bits per heavy atom. The van der Waals surface area contributed by atoms with Crippen molar-refractivity contribution in [2.24, 2.45) is 0 Å². The molecule has 0 saturated carbocycles. The number of hydrogen-bond donors (Lipinski definition) is 2. The Bertz CT molecular complexity index is 265. The van der Waals surface area contributed by atoms with E-state index in [4.69, 9.17) is 5.11 Å². The van der Waals surface area contributed by atoms with Crippen LogP contribution in [0.25, 0.3) is 0 Å². The number of nitrogens with one attached hydrogen (secondary N) is 1. The molecular formula is C11H22ClN3O. The van der Waals surface area contributed by atoms with E-state index in [0.717, 1.165) is 38.9 Å². The highest BCUT2D eigenvalue weighted by Crippen LogP contribution is 1.98. The van der Waals surface area contributed by atoms with Gasteiger partial charge in [0, 0.05) is 31.5 Å². The smallest absolute Gasteiger partial charge is 0.0534 e. The van der Waals surface area contributed by atoms with Gasteiger partial charge in [0.05, 0.1) is 6.20 Å². The lowest BCUT2D eigenvalue weighted by Gasteiger charge is -2.01. The fraction of sp³-hybridized carbons (Fsp3) is 0.727. The second-order valence-corrected chi connectivity index (χ2v) is 3.72. The molecule has 0 atom stereocenters. The minimum atomic E-state index is 0. The number of nitrogens with zero attached hydrogens (tertiary/aromatic N) is 2. The number of rotatable bonds is 8. The molecule has 0 aromatic carbocycles. The SMILES string of the molecule is CCCn1cc(CNCCCCO)cn1.Cl. The van der Waals surface area contributed by atoms with Crippen molar-refractivity contribution in [2.75, 3.05) is 13.2 Å². The largest absolute Gasteiger partial charge is 0.396 e. The molecule has 0 radical (unpaired) electrons. The standard InChI is InChI=1S/C11H21N3O.ClH/c1-2-6-14-10-11(9-13-14)8-12-5-3-4-7-15;/h9-10,12,15H,2-8H2,1H3;1H. The summed E-state index contributed by atoms with van der Waals surface area (Å²) in [6.07, 6.45) is 7.02. The van der Waals surface area contributed by atoms with Crippen LogP contribution in [0.3, 0.4) is 0 Å². The topological polar surface area (TPSA) is 50.1 Å². The van der Waals surface area contributed by atoms with Crippen LogP contribution in [-0.2, 0) is 13.1 Å². The van der Waals surface area contributed by atoms with Crippen molar-refractivity contribution in [3.8, 4) is 0 Å². The van der Waals surface area contributed by atoms with E-state index in [1.165, 1.54) is 5.56 Å². The molecule has 16 heavy (non-hydrogen) atoms. The van der Waals surface area contributed by atoms with Gasteiger partial charge in [-0.1, -0.05) is 6.92 Å². The van der Waals surface area contributed by atoms with Crippen molar-refractivity contribution >= 4 is 12.4 Å². The van der Waals surface area contributed by atoms with Gasteiger partial charge in [0.1, 0.15) is 0 Å². The maximum atomic E-state index is 8.60. The van der Waals surface area contributed by atoms with Crippen LogP contribution < -0.4 is 5.32 Å². The Balaban J connectivity index is 0.00000225. The van der Waals surface area contributed by atoms with E-state index in [2.05, 4.69) is 23.5 Å².